The van der Waals surface area contributed by atoms with Crippen molar-refractivity contribution in [2.24, 2.45) is 0 Å². The second kappa shape index (κ2) is 5.92. The number of benzene rings is 2. The molecule has 0 bridgehead atoms. The summed E-state index contributed by atoms with van der Waals surface area (Å²) in [4.78, 5) is 4.33. The number of hydrogen-bond acceptors (Lipinski definition) is 2. The highest BCUT2D eigenvalue weighted by molar-refractivity contribution is 6.35. The van der Waals surface area contributed by atoms with Crippen molar-refractivity contribution in [3.63, 3.8) is 0 Å². The van der Waals surface area contributed by atoms with E-state index in [0.29, 0.717) is 16.8 Å². The average Bonchev–Trinajstić information content (AvgIpc) is 2.52. The van der Waals surface area contributed by atoms with Crippen molar-refractivity contribution in [1.82, 2.24) is 4.98 Å². The summed E-state index contributed by atoms with van der Waals surface area (Å²) in [5.41, 5.74) is 1.93. The smallest absolute Gasteiger partial charge is 0.222 e. The molecule has 0 amide bonds. The maximum Gasteiger partial charge on any atom is 0.222 e. The van der Waals surface area contributed by atoms with Gasteiger partial charge in [0.25, 0.3) is 0 Å². The Kier molecular flexibility index (Phi) is 4.00. The standard InChI is InChI=1S/C17H13Cl2NO/c1-11-8-12(9-18)10-20-17(11)21-16-7-6-15(19)13-4-2-3-5-14(13)16/h2-8,10H,9H2,1H3. The van der Waals surface area contributed by atoms with E-state index in [-0.39, 0.29) is 0 Å². The number of alkyl halides is 1. The lowest BCUT2D eigenvalue weighted by atomic mass is 10.1. The van der Waals surface area contributed by atoms with Gasteiger partial charge in [-0.25, -0.2) is 4.98 Å². The van der Waals surface area contributed by atoms with Gasteiger partial charge >= 0.3 is 0 Å². The monoisotopic (exact) mass is 317 g/mol. The van der Waals surface area contributed by atoms with Crippen LogP contribution in [0.3, 0.4) is 0 Å². The van der Waals surface area contributed by atoms with Crippen LogP contribution in [0.2, 0.25) is 5.02 Å². The number of hydrogen-bond donors (Lipinski definition) is 0. The second-order valence-corrected chi connectivity index (χ2v) is 5.47. The highest BCUT2D eigenvalue weighted by atomic mass is 35.5. The third kappa shape index (κ3) is 2.82. The minimum atomic E-state index is 0.442. The molecule has 106 valence electrons. The number of aromatic nitrogens is 1. The largest absolute Gasteiger partial charge is 0.438 e. The molecule has 0 N–H and O–H groups in total. The van der Waals surface area contributed by atoms with Crippen LogP contribution in [0.5, 0.6) is 11.6 Å². The third-order valence-electron chi connectivity index (χ3n) is 3.28. The molecule has 0 aliphatic carbocycles. The quantitative estimate of drug-likeness (QED) is 0.576. The summed E-state index contributed by atoms with van der Waals surface area (Å²) in [5, 5.41) is 2.64. The zero-order valence-corrected chi connectivity index (χ0v) is 12.9. The maximum absolute atomic E-state index is 6.22. The molecular formula is C17H13Cl2NO. The van der Waals surface area contributed by atoms with Crippen LogP contribution in [-0.4, -0.2) is 4.98 Å². The lowest BCUT2D eigenvalue weighted by Crippen LogP contribution is -1.94. The SMILES string of the molecule is Cc1cc(CCl)cnc1Oc1ccc(Cl)c2ccccc12. The first-order valence-corrected chi connectivity index (χ1v) is 7.47. The maximum atomic E-state index is 6.22. The molecule has 0 atom stereocenters. The molecule has 21 heavy (non-hydrogen) atoms. The topological polar surface area (TPSA) is 22.1 Å². The number of rotatable bonds is 3. The normalized spacial score (nSPS) is 10.8. The number of halogens is 2. The molecule has 0 fully saturated rings. The first-order valence-electron chi connectivity index (χ1n) is 6.55. The molecule has 2 nitrogen and oxygen atoms in total. The molecule has 4 heteroatoms. The van der Waals surface area contributed by atoms with E-state index in [1.54, 1.807) is 6.20 Å². The lowest BCUT2D eigenvalue weighted by molar-refractivity contribution is 0.464. The van der Waals surface area contributed by atoms with Crippen LogP contribution in [-0.2, 0) is 5.88 Å². The predicted molar refractivity (Wildman–Crippen MR) is 87.6 cm³/mol. The molecule has 0 spiro atoms. The zero-order chi connectivity index (χ0) is 14.8. The van der Waals surface area contributed by atoms with Crippen molar-refractivity contribution in [3.05, 3.63) is 64.8 Å². The van der Waals surface area contributed by atoms with Gasteiger partial charge in [0.2, 0.25) is 5.88 Å². The van der Waals surface area contributed by atoms with Gasteiger partial charge in [0.05, 0.1) is 0 Å². The van der Waals surface area contributed by atoms with E-state index < -0.39 is 0 Å². The minimum absolute atomic E-state index is 0.442. The Morgan fingerprint density at radius 1 is 1.10 bits per heavy atom. The van der Waals surface area contributed by atoms with E-state index in [4.69, 9.17) is 27.9 Å². The van der Waals surface area contributed by atoms with Gasteiger partial charge in [-0.05, 0) is 30.7 Å². The number of ether oxygens (including phenoxy) is 1. The summed E-state index contributed by atoms with van der Waals surface area (Å²) in [6.45, 7) is 1.95. The van der Waals surface area contributed by atoms with Gasteiger partial charge < -0.3 is 4.74 Å². The van der Waals surface area contributed by atoms with Crippen LogP contribution in [0.15, 0.2) is 48.7 Å². The van der Waals surface area contributed by atoms with Gasteiger partial charge in [-0.15, -0.1) is 11.6 Å². The Morgan fingerprint density at radius 3 is 2.57 bits per heavy atom. The molecule has 3 rings (SSSR count). The highest BCUT2D eigenvalue weighted by Gasteiger charge is 2.09. The lowest BCUT2D eigenvalue weighted by Gasteiger charge is -2.11. The van der Waals surface area contributed by atoms with Crippen molar-refractivity contribution in [2.75, 3.05) is 0 Å². The molecule has 0 saturated heterocycles. The van der Waals surface area contributed by atoms with E-state index in [9.17, 15) is 0 Å². The van der Waals surface area contributed by atoms with E-state index >= 15 is 0 Å². The van der Waals surface area contributed by atoms with Crippen LogP contribution in [0.1, 0.15) is 11.1 Å². The fourth-order valence-corrected chi connectivity index (χ4v) is 2.60. The highest BCUT2D eigenvalue weighted by Crippen LogP contribution is 2.34. The van der Waals surface area contributed by atoms with Gasteiger partial charge in [-0.2, -0.15) is 0 Å². The van der Waals surface area contributed by atoms with Gasteiger partial charge in [-0.1, -0.05) is 35.9 Å². The Hall–Kier alpha value is -1.77. The third-order valence-corrected chi connectivity index (χ3v) is 3.92. The molecule has 3 aromatic rings. The van der Waals surface area contributed by atoms with Crippen molar-refractivity contribution in [3.8, 4) is 11.6 Å². The Morgan fingerprint density at radius 2 is 1.86 bits per heavy atom. The average molecular weight is 318 g/mol. The van der Waals surface area contributed by atoms with E-state index in [1.807, 2.05) is 49.4 Å². The minimum Gasteiger partial charge on any atom is -0.438 e. The molecule has 1 aromatic heterocycles. The number of nitrogens with zero attached hydrogens (tertiary/aromatic N) is 1. The zero-order valence-electron chi connectivity index (χ0n) is 11.4. The van der Waals surface area contributed by atoms with Crippen LogP contribution in [0.25, 0.3) is 10.8 Å². The first kappa shape index (κ1) is 14.2. The molecule has 0 saturated carbocycles. The van der Waals surface area contributed by atoms with Crippen LogP contribution in [0, 0.1) is 6.92 Å². The molecule has 0 unspecified atom stereocenters. The Balaban J connectivity index is 2.04. The summed E-state index contributed by atoms with van der Waals surface area (Å²) in [6.07, 6.45) is 1.73. The molecule has 1 heterocycles. The molecule has 0 aliphatic heterocycles. The van der Waals surface area contributed by atoms with E-state index in [0.717, 1.165) is 27.6 Å². The first-order chi connectivity index (χ1) is 10.2. The van der Waals surface area contributed by atoms with E-state index in [1.165, 1.54) is 0 Å². The second-order valence-electron chi connectivity index (χ2n) is 4.79. The number of pyridine rings is 1. The molecule has 0 aliphatic rings. The fourth-order valence-electron chi connectivity index (χ4n) is 2.23. The van der Waals surface area contributed by atoms with Crippen molar-refractivity contribution in [2.45, 2.75) is 12.8 Å². The van der Waals surface area contributed by atoms with E-state index in [2.05, 4.69) is 4.98 Å². The van der Waals surface area contributed by atoms with Crippen LogP contribution < -0.4 is 4.74 Å². The van der Waals surface area contributed by atoms with Gasteiger partial charge in [0, 0.05) is 33.4 Å². The summed E-state index contributed by atoms with van der Waals surface area (Å²) < 4.78 is 5.96. The van der Waals surface area contributed by atoms with Crippen molar-refractivity contribution in [1.29, 1.82) is 0 Å². The van der Waals surface area contributed by atoms with Gasteiger partial charge in [0.1, 0.15) is 5.75 Å². The molecule has 2 aromatic carbocycles. The fraction of sp³-hybridized carbons (Fsp3) is 0.118. The summed E-state index contributed by atoms with van der Waals surface area (Å²) in [5.74, 6) is 1.76. The summed E-state index contributed by atoms with van der Waals surface area (Å²) >= 11 is 12.0. The van der Waals surface area contributed by atoms with Crippen LogP contribution in [0.4, 0.5) is 0 Å². The molecular weight excluding hydrogens is 305 g/mol. The number of fused-ring (bicyclic) bond motifs is 1. The Bertz CT molecular complexity index is 802. The van der Waals surface area contributed by atoms with Gasteiger partial charge in [0.15, 0.2) is 0 Å². The van der Waals surface area contributed by atoms with Crippen LogP contribution >= 0.6 is 23.2 Å². The summed E-state index contributed by atoms with van der Waals surface area (Å²) in [6, 6.07) is 13.6. The predicted octanol–water partition coefficient (Wildman–Crippen LogP) is 5.73. The summed E-state index contributed by atoms with van der Waals surface area (Å²) in [7, 11) is 0. The Labute approximate surface area is 133 Å². The number of aryl methyl sites for hydroxylation is 1. The van der Waals surface area contributed by atoms with Crippen molar-refractivity contribution < 1.29 is 4.74 Å². The molecule has 0 radical (unpaired) electrons. The van der Waals surface area contributed by atoms with Crippen molar-refractivity contribution >= 4 is 34.0 Å². The van der Waals surface area contributed by atoms with Gasteiger partial charge in [-0.3, -0.25) is 0 Å².